The van der Waals surface area contributed by atoms with Crippen LogP contribution in [0.4, 0.5) is 5.69 Å². The van der Waals surface area contributed by atoms with Gasteiger partial charge in [-0.3, -0.25) is 4.79 Å². The van der Waals surface area contributed by atoms with Crippen molar-refractivity contribution < 1.29 is 9.53 Å². The number of benzene rings is 2. The van der Waals surface area contributed by atoms with Gasteiger partial charge in [0, 0.05) is 17.6 Å². The molecule has 1 unspecified atom stereocenters. The number of carbonyl (C=O) groups is 1. The molecule has 3 rings (SSSR count). The van der Waals surface area contributed by atoms with Crippen molar-refractivity contribution in [2.75, 3.05) is 18.5 Å². The quantitative estimate of drug-likeness (QED) is 0.825. The molecule has 0 bridgehead atoms. The summed E-state index contributed by atoms with van der Waals surface area (Å²) in [5.41, 5.74) is 2.80. The van der Waals surface area contributed by atoms with Crippen LogP contribution in [0.1, 0.15) is 24.1 Å². The topological polar surface area (TPSA) is 50.4 Å². The normalized spacial score (nSPS) is 14.4. The molecule has 1 aliphatic rings. The van der Waals surface area contributed by atoms with E-state index in [1.165, 1.54) is 6.08 Å². The molecule has 0 saturated heterocycles. The first kappa shape index (κ1) is 16.4. The van der Waals surface area contributed by atoms with Gasteiger partial charge in [0.15, 0.2) is 0 Å². The highest BCUT2D eigenvalue weighted by Crippen LogP contribution is 2.30. The second kappa shape index (κ2) is 7.41. The molecule has 1 aliphatic heterocycles. The number of fused-ring (bicyclic) bond motifs is 1. The molecule has 124 valence electrons. The Morgan fingerprint density at radius 3 is 3.00 bits per heavy atom. The first-order valence-corrected chi connectivity index (χ1v) is 8.25. The second-order valence-electron chi connectivity index (χ2n) is 5.62. The standard InChI is InChI=1S/C19H19ClN2O2/c1-13(15-6-8-18-17(12-15)21-10-11-24-18)22-19(23)9-7-14-4-2-3-5-16(14)20/h2-9,12-13,21H,10-11H2,1H3,(H,22,23). The largest absolute Gasteiger partial charge is 0.490 e. The van der Waals surface area contributed by atoms with Crippen molar-refractivity contribution in [1.82, 2.24) is 5.32 Å². The van der Waals surface area contributed by atoms with Gasteiger partial charge in [0.05, 0.1) is 11.7 Å². The number of anilines is 1. The van der Waals surface area contributed by atoms with E-state index in [2.05, 4.69) is 10.6 Å². The molecular formula is C19H19ClN2O2. The number of ether oxygens (including phenoxy) is 1. The maximum absolute atomic E-state index is 12.1. The fourth-order valence-electron chi connectivity index (χ4n) is 2.55. The first-order chi connectivity index (χ1) is 11.6. The smallest absolute Gasteiger partial charge is 0.244 e. The zero-order valence-electron chi connectivity index (χ0n) is 13.4. The highest BCUT2D eigenvalue weighted by Gasteiger charge is 2.13. The second-order valence-corrected chi connectivity index (χ2v) is 6.02. The number of hydrogen-bond acceptors (Lipinski definition) is 3. The SMILES string of the molecule is CC(NC(=O)C=Cc1ccccc1Cl)c1ccc2c(c1)NCCO2. The van der Waals surface area contributed by atoms with Gasteiger partial charge in [-0.1, -0.05) is 35.9 Å². The van der Waals surface area contributed by atoms with Gasteiger partial charge in [-0.15, -0.1) is 0 Å². The van der Waals surface area contributed by atoms with Crippen LogP contribution in [0.25, 0.3) is 6.08 Å². The maximum Gasteiger partial charge on any atom is 0.244 e. The van der Waals surface area contributed by atoms with Crippen molar-refractivity contribution in [2.24, 2.45) is 0 Å². The zero-order chi connectivity index (χ0) is 16.9. The van der Waals surface area contributed by atoms with E-state index in [-0.39, 0.29) is 11.9 Å². The molecule has 0 saturated carbocycles. The summed E-state index contributed by atoms with van der Waals surface area (Å²) in [5, 5.41) is 6.87. The van der Waals surface area contributed by atoms with Crippen LogP contribution >= 0.6 is 11.6 Å². The van der Waals surface area contributed by atoms with E-state index in [0.717, 1.165) is 29.1 Å². The zero-order valence-corrected chi connectivity index (χ0v) is 14.1. The molecule has 0 radical (unpaired) electrons. The Hall–Kier alpha value is -2.46. The van der Waals surface area contributed by atoms with Crippen molar-refractivity contribution in [3.63, 3.8) is 0 Å². The van der Waals surface area contributed by atoms with Crippen LogP contribution < -0.4 is 15.4 Å². The Bertz CT molecular complexity index is 774. The Balaban J connectivity index is 1.65. The lowest BCUT2D eigenvalue weighted by Gasteiger charge is -2.21. The third-order valence-electron chi connectivity index (χ3n) is 3.86. The summed E-state index contributed by atoms with van der Waals surface area (Å²) in [6.45, 7) is 3.41. The number of amides is 1. The van der Waals surface area contributed by atoms with Crippen molar-refractivity contribution in [3.05, 3.63) is 64.7 Å². The predicted molar refractivity (Wildman–Crippen MR) is 97.5 cm³/mol. The summed E-state index contributed by atoms with van der Waals surface area (Å²) in [5.74, 6) is 0.687. The Labute approximate surface area is 146 Å². The van der Waals surface area contributed by atoms with Gasteiger partial charge >= 0.3 is 0 Å². The first-order valence-electron chi connectivity index (χ1n) is 7.87. The molecule has 1 atom stereocenters. The van der Waals surface area contributed by atoms with E-state index >= 15 is 0 Å². The molecule has 0 fully saturated rings. The maximum atomic E-state index is 12.1. The molecule has 2 N–H and O–H groups in total. The summed E-state index contributed by atoms with van der Waals surface area (Å²) >= 11 is 6.08. The number of nitrogens with one attached hydrogen (secondary N) is 2. The average Bonchev–Trinajstić information content (AvgIpc) is 2.60. The summed E-state index contributed by atoms with van der Waals surface area (Å²) in [4.78, 5) is 12.1. The predicted octanol–water partition coefficient (Wildman–Crippen LogP) is 4.03. The molecule has 4 nitrogen and oxygen atoms in total. The fraction of sp³-hybridized carbons (Fsp3) is 0.211. The van der Waals surface area contributed by atoms with Crippen molar-refractivity contribution in [3.8, 4) is 5.75 Å². The molecule has 2 aromatic carbocycles. The van der Waals surface area contributed by atoms with Gasteiger partial charge in [0.1, 0.15) is 12.4 Å². The van der Waals surface area contributed by atoms with Crippen LogP contribution in [0.3, 0.4) is 0 Å². The third kappa shape index (κ3) is 3.89. The van der Waals surface area contributed by atoms with Crippen molar-refractivity contribution >= 4 is 29.3 Å². The van der Waals surface area contributed by atoms with Gasteiger partial charge in [-0.05, 0) is 42.3 Å². The lowest BCUT2D eigenvalue weighted by atomic mass is 10.1. The Kier molecular flexibility index (Phi) is 5.06. The lowest BCUT2D eigenvalue weighted by Crippen LogP contribution is -2.25. The van der Waals surface area contributed by atoms with E-state index < -0.39 is 0 Å². The molecule has 2 aromatic rings. The molecule has 1 heterocycles. The minimum absolute atomic E-state index is 0.109. The van der Waals surface area contributed by atoms with Gasteiger partial charge in [-0.2, -0.15) is 0 Å². The van der Waals surface area contributed by atoms with E-state index in [0.29, 0.717) is 11.6 Å². The summed E-state index contributed by atoms with van der Waals surface area (Å²) in [6, 6.07) is 13.2. The molecule has 0 spiro atoms. The van der Waals surface area contributed by atoms with Crippen LogP contribution in [0.2, 0.25) is 5.02 Å². The molecular weight excluding hydrogens is 324 g/mol. The van der Waals surface area contributed by atoms with E-state index in [9.17, 15) is 4.79 Å². The molecule has 1 amide bonds. The monoisotopic (exact) mass is 342 g/mol. The molecule has 0 aromatic heterocycles. The van der Waals surface area contributed by atoms with Crippen molar-refractivity contribution in [1.29, 1.82) is 0 Å². The number of hydrogen-bond donors (Lipinski definition) is 2. The highest BCUT2D eigenvalue weighted by molar-refractivity contribution is 6.32. The number of rotatable bonds is 4. The van der Waals surface area contributed by atoms with Crippen LogP contribution in [0, 0.1) is 0 Å². The van der Waals surface area contributed by atoms with E-state index in [4.69, 9.17) is 16.3 Å². The van der Waals surface area contributed by atoms with Crippen LogP contribution in [-0.4, -0.2) is 19.1 Å². The van der Waals surface area contributed by atoms with Crippen LogP contribution in [-0.2, 0) is 4.79 Å². The summed E-state index contributed by atoms with van der Waals surface area (Å²) in [7, 11) is 0. The van der Waals surface area contributed by atoms with Gasteiger partial charge < -0.3 is 15.4 Å². The Morgan fingerprint density at radius 1 is 1.33 bits per heavy atom. The number of halogens is 1. The van der Waals surface area contributed by atoms with E-state index in [1.54, 1.807) is 12.1 Å². The van der Waals surface area contributed by atoms with Crippen molar-refractivity contribution in [2.45, 2.75) is 13.0 Å². The Morgan fingerprint density at radius 2 is 2.17 bits per heavy atom. The minimum atomic E-state index is -0.163. The average molecular weight is 343 g/mol. The lowest BCUT2D eigenvalue weighted by molar-refractivity contribution is -0.117. The van der Waals surface area contributed by atoms with Gasteiger partial charge in [0.2, 0.25) is 5.91 Å². The van der Waals surface area contributed by atoms with Crippen LogP contribution in [0.5, 0.6) is 5.75 Å². The fourth-order valence-corrected chi connectivity index (χ4v) is 2.75. The van der Waals surface area contributed by atoms with E-state index in [1.807, 2.05) is 43.3 Å². The van der Waals surface area contributed by atoms with Gasteiger partial charge in [0.25, 0.3) is 0 Å². The highest BCUT2D eigenvalue weighted by atomic mass is 35.5. The minimum Gasteiger partial charge on any atom is -0.490 e. The summed E-state index contributed by atoms with van der Waals surface area (Å²) < 4.78 is 5.56. The molecule has 5 heteroatoms. The van der Waals surface area contributed by atoms with Crippen LogP contribution in [0.15, 0.2) is 48.5 Å². The summed E-state index contributed by atoms with van der Waals surface area (Å²) in [6.07, 6.45) is 3.21. The molecule has 24 heavy (non-hydrogen) atoms. The number of carbonyl (C=O) groups excluding carboxylic acids is 1. The molecule has 0 aliphatic carbocycles. The third-order valence-corrected chi connectivity index (χ3v) is 4.20. The van der Waals surface area contributed by atoms with Gasteiger partial charge in [-0.25, -0.2) is 0 Å².